The van der Waals surface area contributed by atoms with Crippen LogP contribution in [-0.4, -0.2) is 50.6 Å². The summed E-state index contributed by atoms with van der Waals surface area (Å²) in [6, 6.07) is 11.3. The van der Waals surface area contributed by atoms with Gasteiger partial charge in [0.2, 0.25) is 0 Å². The monoisotopic (exact) mass is 515 g/mol. The molecule has 0 aromatic heterocycles. The number of hydrogen-bond acceptors (Lipinski definition) is 5. The Bertz CT molecular complexity index is 1110. The Morgan fingerprint density at radius 1 is 1.11 bits per heavy atom. The highest BCUT2D eigenvalue weighted by molar-refractivity contribution is 6.74. The van der Waals surface area contributed by atoms with Crippen molar-refractivity contribution in [3.8, 4) is 0 Å². The molecule has 1 heterocycles. The first-order chi connectivity index (χ1) is 16.3. The second-order valence-corrected chi connectivity index (χ2v) is 15.7. The molecule has 0 saturated carbocycles. The van der Waals surface area contributed by atoms with Crippen molar-refractivity contribution in [2.75, 3.05) is 13.7 Å². The van der Waals surface area contributed by atoms with E-state index in [1.165, 1.54) is 7.11 Å². The third-order valence-corrected chi connectivity index (χ3v) is 11.8. The minimum Gasteiger partial charge on any atom is -0.465 e. The largest absolute Gasteiger partial charge is 0.465 e. The highest BCUT2D eigenvalue weighted by Gasteiger charge is 2.39. The lowest BCUT2D eigenvalue weighted by atomic mass is 10.0. The molecule has 0 saturated heterocycles. The maximum absolute atomic E-state index is 13.7. The molecule has 8 heteroatoms. The van der Waals surface area contributed by atoms with E-state index >= 15 is 0 Å². The van der Waals surface area contributed by atoms with E-state index in [1.807, 2.05) is 0 Å². The number of esters is 1. The van der Waals surface area contributed by atoms with E-state index in [9.17, 15) is 14.4 Å². The summed E-state index contributed by atoms with van der Waals surface area (Å²) >= 11 is 6.17. The van der Waals surface area contributed by atoms with Gasteiger partial charge in [0, 0.05) is 30.2 Å². The lowest BCUT2D eigenvalue weighted by Crippen LogP contribution is -2.46. The SMILES string of the molecule is COC(=O)c1ccc(CN2C(=O)c3ccc(Cl)cc3CC(=O)[C@H]2CCO[Si](C)(C)C(C)(C)C)cc1. The molecule has 2 aromatic carbocycles. The minimum absolute atomic E-state index is 0.0376. The first-order valence-electron chi connectivity index (χ1n) is 11.8. The van der Waals surface area contributed by atoms with Gasteiger partial charge in [0.05, 0.1) is 18.7 Å². The van der Waals surface area contributed by atoms with Gasteiger partial charge in [0.15, 0.2) is 14.1 Å². The smallest absolute Gasteiger partial charge is 0.337 e. The highest BCUT2D eigenvalue weighted by Crippen LogP contribution is 2.37. The van der Waals surface area contributed by atoms with Crippen LogP contribution in [0.2, 0.25) is 23.2 Å². The van der Waals surface area contributed by atoms with Crippen LogP contribution in [0.5, 0.6) is 0 Å². The molecule has 0 aliphatic carbocycles. The zero-order chi connectivity index (χ0) is 26.0. The van der Waals surface area contributed by atoms with Crippen LogP contribution in [-0.2, 0) is 26.9 Å². The molecule has 0 bridgehead atoms. The van der Waals surface area contributed by atoms with Crippen molar-refractivity contribution in [1.82, 2.24) is 4.90 Å². The van der Waals surface area contributed by atoms with Crippen molar-refractivity contribution in [2.45, 2.75) is 64.3 Å². The summed E-state index contributed by atoms with van der Waals surface area (Å²) in [4.78, 5) is 40.5. The predicted octanol–water partition coefficient (Wildman–Crippen LogP) is 5.67. The van der Waals surface area contributed by atoms with Gasteiger partial charge in [0.25, 0.3) is 5.91 Å². The number of carbonyl (C=O) groups excluding carboxylic acids is 3. The number of methoxy groups -OCH3 is 1. The van der Waals surface area contributed by atoms with Gasteiger partial charge in [0.1, 0.15) is 0 Å². The Hall–Kier alpha value is -2.48. The Morgan fingerprint density at radius 3 is 2.37 bits per heavy atom. The summed E-state index contributed by atoms with van der Waals surface area (Å²) in [6.45, 7) is 11.5. The molecule has 188 valence electrons. The first-order valence-corrected chi connectivity index (χ1v) is 15.1. The molecule has 0 N–H and O–H groups in total. The van der Waals surface area contributed by atoms with E-state index in [-0.39, 0.29) is 29.7 Å². The minimum atomic E-state index is -2.00. The summed E-state index contributed by atoms with van der Waals surface area (Å²) in [5.74, 6) is -0.676. The Morgan fingerprint density at radius 2 is 1.77 bits per heavy atom. The van der Waals surface area contributed by atoms with E-state index in [1.54, 1.807) is 47.4 Å². The molecule has 0 radical (unpaired) electrons. The number of benzene rings is 2. The molecule has 3 rings (SSSR count). The summed E-state index contributed by atoms with van der Waals surface area (Å²) in [6.07, 6.45) is 0.559. The Kier molecular flexibility index (Phi) is 8.24. The Labute approximate surface area is 213 Å². The van der Waals surface area contributed by atoms with Gasteiger partial charge >= 0.3 is 5.97 Å². The van der Waals surface area contributed by atoms with E-state index in [0.717, 1.165) is 5.56 Å². The Balaban J connectivity index is 1.90. The standard InChI is InChI=1S/C27H34ClNO5Si/c1-27(2,3)35(5,6)34-14-13-23-24(30)16-20-15-21(28)11-12-22(20)25(31)29(23)17-18-7-9-19(10-8-18)26(32)33-4/h7-12,15,23H,13-14,16-17H2,1-6H3/t23-/m1/s1. The number of carbonyl (C=O) groups is 3. The number of fused-ring (bicyclic) bond motifs is 1. The van der Waals surface area contributed by atoms with Crippen LogP contribution >= 0.6 is 11.6 Å². The van der Waals surface area contributed by atoms with Crippen molar-refractivity contribution in [2.24, 2.45) is 0 Å². The van der Waals surface area contributed by atoms with Gasteiger partial charge in [-0.25, -0.2) is 4.79 Å². The summed E-state index contributed by atoms with van der Waals surface area (Å²) in [5.41, 5.74) is 2.37. The number of hydrogen-bond donors (Lipinski definition) is 0. The molecule has 2 aromatic rings. The van der Waals surface area contributed by atoms with Crippen molar-refractivity contribution in [3.63, 3.8) is 0 Å². The quantitative estimate of drug-likeness (QED) is 0.350. The zero-order valence-electron chi connectivity index (χ0n) is 21.3. The number of halogens is 1. The molecule has 35 heavy (non-hydrogen) atoms. The fraction of sp³-hybridized carbons (Fsp3) is 0.444. The van der Waals surface area contributed by atoms with Crippen molar-refractivity contribution >= 4 is 37.6 Å². The fourth-order valence-electron chi connectivity index (χ4n) is 3.89. The lowest BCUT2D eigenvalue weighted by molar-refractivity contribution is -0.123. The van der Waals surface area contributed by atoms with Crippen molar-refractivity contribution < 1.29 is 23.5 Å². The molecule has 1 aliphatic rings. The molecule has 1 aliphatic heterocycles. The van der Waals surface area contributed by atoms with Gasteiger partial charge in [-0.15, -0.1) is 0 Å². The maximum Gasteiger partial charge on any atom is 0.337 e. The fourth-order valence-corrected chi connectivity index (χ4v) is 5.15. The van der Waals surface area contributed by atoms with Crippen LogP contribution in [0.1, 0.15) is 59.0 Å². The molecule has 1 amide bonds. The highest BCUT2D eigenvalue weighted by atomic mass is 35.5. The van der Waals surface area contributed by atoms with E-state index in [0.29, 0.717) is 34.7 Å². The lowest BCUT2D eigenvalue weighted by Gasteiger charge is -2.37. The molecular weight excluding hydrogens is 482 g/mol. The average molecular weight is 516 g/mol. The average Bonchev–Trinajstić information content (AvgIpc) is 2.87. The number of ketones is 1. The van der Waals surface area contributed by atoms with E-state index < -0.39 is 20.3 Å². The summed E-state index contributed by atoms with van der Waals surface area (Å²) < 4.78 is 11.1. The van der Waals surface area contributed by atoms with Gasteiger partial charge in [-0.05, 0) is 66.0 Å². The number of rotatable bonds is 7. The van der Waals surface area contributed by atoms with Gasteiger partial charge in [-0.3, -0.25) is 9.59 Å². The second-order valence-electron chi connectivity index (χ2n) is 10.5. The van der Waals surface area contributed by atoms with Gasteiger partial charge < -0.3 is 14.1 Å². The molecular formula is C27H34ClNO5Si. The number of amides is 1. The second kappa shape index (κ2) is 10.6. The zero-order valence-corrected chi connectivity index (χ0v) is 23.1. The summed E-state index contributed by atoms with van der Waals surface area (Å²) in [5, 5.41) is 0.540. The topological polar surface area (TPSA) is 72.9 Å². The van der Waals surface area contributed by atoms with Crippen LogP contribution in [0, 0.1) is 0 Å². The van der Waals surface area contributed by atoms with Crippen LogP contribution in [0.3, 0.4) is 0 Å². The first kappa shape index (κ1) is 27.1. The van der Waals surface area contributed by atoms with E-state index in [2.05, 4.69) is 33.9 Å². The number of nitrogens with zero attached hydrogens (tertiary/aromatic N) is 1. The van der Waals surface area contributed by atoms with Gasteiger partial charge in [-0.2, -0.15) is 0 Å². The van der Waals surface area contributed by atoms with Crippen LogP contribution in [0.25, 0.3) is 0 Å². The van der Waals surface area contributed by atoms with Crippen molar-refractivity contribution in [3.05, 3.63) is 69.7 Å². The van der Waals surface area contributed by atoms with Crippen LogP contribution in [0.15, 0.2) is 42.5 Å². The summed E-state index contributed by atoms with van der Waals surface area (Å²) in [7, 11) is -0.674. The van der Waals surface area contributed by atoms with Crippen LogP contribution < -0.4 is 0 Å². The normalized spacial score (nSPS) is 16.7. The third kappa shape index (κ3) is 6.21. The van der Waals surface area contributed by atoms with Crippen LogP contribution in [0.4, 0.5) is 0 Å². The molecule has 6 nitrogen and oxygen atoms in total. The van der Waals surface area contributed by atoms with E-state index in [4.69, 9.17) is 20.8 Å². The van der Waals surface area contributed by atoms with Gasteiger partial charge in [-0.1, -0.05) is 44.5 Å². The molecule has 0 unspecified atom stereocenters. The number of Topliss-reactive ketones (excluding diaryl/α,β-unsaturated/α-hetero) is 1. The van der Waals surface area contributed by atoms with Crippen molar-refractivity contribution in [1.29, 1.82) is 0 Å². The molecule has 0 fully saturated rings. The molecule has 0 spiro atoms. The maximum atomic E-state index is 13.7. The molecule has 1 atom stereocenters. The third-order valence-electron chi connectivity index (χ3n) is 7.06. The predicted molar refractivity (Wildman–Crippen MR) is 139 cm³/mol. The number of ether oxygens (including phenoxy) is 1.